The number of alkyl halides is 13. The van der Waals surface area contributed by atoms with E-state index in [0.29, 0.717) is 11.8 Å². The van der Waals surface area contributed by atoms with Crippen LogP contribution in [0.5, 0.6) is 0 Å². The molecule has 0 bridgehead atoms. The zero-order valence-corrected chi connectivity index (χ0v) is 13.6. The molecule has 0 fully saturated rings. The normalized spacial score (nSPS) is 15.6. The predicted molar refractivity (Wildman–Crippen MR) is 69.0 cm³/mol. The lowest BCUT2D eigenvalue weighted by atomic mass is 9.93. The minimum Gasteiger partial charge on any atom is -0.392 e. The average molecular weight is 450 g/mol. The second-order valence-corrected chi connectivity index (χ2v) is 6.13. The molecular formula is C12H11F13OS. The van der Waals surface area contributed by atoms with E-state index in [4.69, 9.17) is 5.11 Å². The highest BCUT2D eigenvalue weighted by Crippen LogP contribution is 2.60. The fourth-order valence-electron chi connectivity index (χ4n) is 1.45. The Balaban J connectivity index is 5.58. The molecule has 0 aliphatic rings. The maximum atomic E-state index is 13.3. The first-order valence-electron chi connectivity index (χ1n) is 6.60. The van der Waals surface area contributed by atoms with Crippen molar-refractivity contribution in [2.75, 3.05) is 18.1 Å². The van der Waals surface area contributed by atoms with Crippen molar-refractivity contribution >= 4 is 11.8 Å². The quantitative estimate of drug-likeness (QED) is 0.274. The zero-order valence-electron chi connectivity index (χ0n) is 12.8. The van der Waals surface area contributed by atoms with Crippen molar-refractivity contribution in [1.29, 1.82) is 0 Å². The van der Waals surface area contributed by atoms with Gasteiger partial charge < -0.3 is 5.11 Å². The van der Waals surface area contributed by atoms with E-state index in [1.54, 1.807) is 0 Å². The van der Waals surface area contributed by atoms with Crippen molar-refractivity contribution in [2.24, 2.45) is 0 Å². The number of halogens is 13. The summed E-state index contributed by atoms with van der Waals surface area (Å²) in [4.78, 5) is 0. The number of aliphatic hydroxyl groups excluding tert-OH is 1. The number of hydrogen-bond donors (Lipinski definition) is 1. The molecule has 27 heavy (non-hydrogen) atoms. The van der Waals surface area contributed by atoms with Gasteiger partial charge in [-0.1, -0.05) is 12.2 Å². The fraction of sp³-hybridized carbons (Fsp3) is 0.833. The van der Waals surface area contributed by atoms with Gasteiger partial charge in [0.15, 0.2) is 0 Å². The summed E-state index contributed by atoms with van der Waals surface area (Å²) in [5.74, 6) is -37.8. The molecule has 0 spiro atoms. The first-order chi connectivity index (χ1) is 11.8. The Bertz CT molecular complexity index is 512. The highest BCUT2D eigenvalue weighted by molar-refractivity contribution is 7.99. The van der Waals surface area contributed by atoms with Gasteiger partial charge in [0.2, 0.25) is 0 Å². The van der Waals surface area contributed by atoms with Crippen molar-refractivity contribution in [3.05, 3.63) is 12.2 Å². The molecule has 0 aliphatic heterocycles. The van der Waals surface area contributed by atoms with Crippen LogP contribution in [0.3, 0.4) is 0 Å². The smallest absolute Gasteiger partial charge is 0.392 e. The molecule has 0 aliphatic carbocycles. The first-order valence-corrected chi connectivity index (χ1v) is 7.76. The van der Waals surface area contributed by atoms with E-state index >= 15 is 0 Å². The van der Waals surface area contributed by atoms with Crippen molar-refractivity contribution in [1.82, 2.24) is 0 Å². The molecule has 0 amide bonds. The third-order valence-electron chi connectivity index (χ3n) is 3.04. The van der Waals surface area contributed by atoms with Crippen LogP contribution in [0.4, 0.5) is 57.1 Å². The predicted octanol–water partition coefficient (Wildman–Crippen LogP) is 5.40. The van der Waals surface area contributed by atoms with E-state index in [0.717, 1.165) is 12.2 Å². The Hall–Kier alpha value is -0.860. The minimum atomic E-state index is -7.86. The highest BCUT2D eigenvalue weighted by atomic mass is 32.2. The number of aliphatic hydroxyl groups is 1. The van der Waals surface area contributed by atoms with Crippen LogP contribution in [-0.2, 0) is 0 Å². The molecule has 0 heterocycles. The highest BCUT2D eigenvalue weighted by Gasteiger charge is 2.90. The maximum Gasteiger partial charge on any atom is 0.460 e. The van der Waals surface area contributed by atoms with Gasteiger partial charge in [0.25, 0.3) is 0 Å². The minimum absolute atomic E-state index is 0.194. The molecule has 162 valence electrons. The van der Waals surface area contributed by atoms with Crippen LogP contribution in [0.15, 0.2) is 12.2 Å². The second kappa shape index (κ2) is 8.25. The van der Waals surface area contributed by atoms with Crippen LogP contribution in [0, 0.1) is 0 Å². The molecule has 0 rings (SSSR count). The lowest BCUT2D eigenvalue weighted by Crippen LogP contribution is -2.70. The zero-order chi connectivity index (χ0) is 21.9. The molecule has 0 saturated carbocycles. The van der Waals surface area contributed by atoms with Gasteiger partial charge in [-0.05, 0) is 5.75 Å². The third-order valence-corrected chi connectivity index (χ3v) is 3.97. The Morgan fingerprint density at radius 3 is 1.48 bits per heavy atom. The summed E-state index contributed by atoms with van der Waals surface area (Å²) in [7, 11) is 0. The van der Waals surface area contributed by atoms with Crippen LogP contribution < -0.4 is 0 Å². The summed E-state index contributed by atoms with van der Waals surface area (Å²) in [5, 5.41) is 8.34. The molecule has 15 heteroatoms. The Morgan fingerprint density at radius 1 is 0.630 bits per heavy atom. The molecule has 0 aromatic rings. The van der Waals surface area contributed by atoms with Crippen molar-refractivity contribution in [3.8, 4) is 0 Å². The number of rotatable bonds is 10. The van der Waals surface area contributed by atoms with Gasteiger partial charge in [-0.15, -0.1) is 0 Å². The second-order valence-electron chi connectivity index (χ2n) is 4.98. The van der Waals surface area contributed by atoms with Gasteiger partial charge >= 0.3 is 35.8 Å². The first kappa shape index (κ1) is 26.1. The molecule has 0 saturated heterocycles. The number of thioether (sulfide) groups is 1. The van der Waals surface area contributed by atoms with Gasteiger partial charge in [-0.25, -0.2) is 0 Å². The topological polar surface area (TPSA) is 20.2 Å². The molecule has 0 aromatic carbocycles. The average Bonchev–Trinajstić information content (AvgIpc) is 2.48. The van der Waals surface area contributed by atoms with E-state index in [1.807, 2.05) is 0 Å². The SMILES string of the molecule is OC/C=C/CSCCC(F)(F)C(F)(F)C(F)(F)C(F)(F)C(F)(F)C(F)(F)F. The van der Waals surface area contributed by atoms with Crippen LogP contribution in [0.25, 0.3) is 0 Å². The van der Waals surface area contributed by atoms with E-state index in [1.165, 1.54) is 0 Å². The Kier molecular flexibility index (Phi) is 7.99. The van der Waals surface area contributed by atoms with Crippen LogP contribution in [0.2, 0.25) is 0 Å². The Morgan fingerprint density at radius 2 is 1.07 bits per heavy atom. The van der Waals surface area contributed by atoms with Crippen molar-refractivity contribution in [3.63, 3.8) is 0 Å². The summed E-state index contributed by atoms with van der Waals surface area (Å²) in [6, 6.07) is 0. The summed E-state index contributed by atoms with van der Waals surface area (Å²) in [6.45, 7) is -0.469. The standard InChI is InChI=1S/C12H11F13OS/c13-7(14,3-6-27-5-2-1-4-26)8(15,16)9(17,18)10(19,20)11(21,22)12(23,24)25/h1-2,26H,3-6H2/b2-1+. The van der Waals surface area contributed by atoms with Gasteiger partial charge in [0.05, 0.1) is 6.61 Å². The van der Waals surface area contributed by atoms with Gasteiger partial charge in [0, 0.05) is 12.2 Å². The third kappa shape index (κ3) is 4.77. The van der Waals surface area contributed by atoms with E-state index in [2.05, 4.69) is 0 Å². The van der Waals surface area contributed by atoms with Crippen LogP contribution in [-0.4, -0.2) is 59.0 Å². The summed E-state index contributed by atoms with van der Waals surface area (Å²) in [5.41, 5.74) is 0. The number of hydrogen-bond acceptors (Lipinski definition) is 2. The van der Waals surface area contributed by atoms with E-state index in [9.17, 15) is 57.1 Å². The molecule has 1 nitrogen and oxygen atoms in total. The van der Waals surface area contributed by atoms with Gasteiger partial charge in [-0.3, -0.25) is 0 Å². The van der Waals surface area contributed by atoms with Crippen molar-refractivity contribution < 1.29 is 62.2 Å². The Labute approximate surface area is 147 Å². The van der Waals surface area contributed by atoms with Crippen LogP contribution >= 0.6 is 11.8 Å². The summed E-state index contributed by atoms with van der Waals surface area (Å²) < 4.78 is 166. The molecule has 0 aromatic heterocycles. The van der Waals surface area contributed by atoms with E-state index < -0.39 is 54.6 Å². The summed E-state index contributed by atoms with van der Waals surface area (Å²) in [6.07, 6.45) is -7.39. The monoisotopic (exact) mass is 450 g/mol. The molecular weight excluding hydrogens is 439 g/mol. The molecule has 0 radical (unpaired) electrons. The lowest BCUT2D eigenvalue weighted by Gasteiger charge is -2.39. The largest absolute Gasteiger partial charge is 0.460 e. The van der Waals surface area contributed by atoms with Crippen molar-refractivity contribution in [2.45, 2.75) is 42.2 Å². The molecule has 1 N–H and O–H groups in total. The van der Waals surface area contributed by atoms with Crippen LogP contribution in [0.1, 0.15) is 6.42 Å². The lowest BCUT2D eigenvalue weighted by molar-refractivity contribution is -0.439. The van der Waals surface area contributed by atoms with Gasteiger partial charge in [0.1, 0.15) is 0 Å². The molecule has 0 unspecified atom stereocenters. The summed E-state index contributed by atoms with van der Waals surface area (Å²) >= 11 is 0.392. The van der Waals surface area contributed by atoms with E-state index in [-0.39, 0.29) is 5.75 Å². The van der Waals surface area contributed by atoms with Gasteiger partial charge in [-0.2, -0.15) is 68.8 Å². The fourth-order valence-corrected chi connectivity index (χ4v) is 2.29. The maximum absolute atomic E-state index is 13.3. The molecule has 0 atom stereocenters.